The molecule has 1 N–H and O–H groups in total. The van der Waals surface area contributed by atoms with E-state index in [4.69, 9.17) is 5.11 Å². The van der Waals surface area contributed by atoms with Crippen LogP contribution in [0, 0.1) is 11.3 Å². The van der Waals surface area contributed by atoms with Gasteiger partial charge in [-0.15, -0.1) is 11.8 Å². The van der Waals surface area contributed by atoms with E-state index in [-0.39, 0.29) is 11.3 Å². The summed E-state index contributed by atoms with van der Waals surface area (Å²) in [5.41, 5.74) is 0.709. The summed E-state index contributed by atoms with van der Waals surface area (Å²) in [6.45, 7) is 9.77. The van der Waals surface area contributed by atoms with Gasteiger partial charge in [0.25, 0.3) is 5.91 Å². The van der Waals surface area contributed by atoms with Gasteiger partial charge in [-0.3, -0.25) is 9.59 Å². The van der Waals surface area contributed by atoms with E-state index in [9.17, 15) is 9.59 Å². The molecule has 0 radical (unpaired) electrons. The van der Waals surface area contributed by atoms with Crippen LogP contribution in [-0.4, -0.2) is 40.2 Å². The number of rotatable bonds is 4. The van der Waals surface area contributed by atoms with E-state index in [0.29, 0.717) is 11.5 Å². The molecule has 1 aromatic carbocycles. The molecule has 1 saturated heterocycles. The van der Waals surface area contributed by atoms with Crippen LogP contribution in [0.15, 0.2) is 29.2 Å². The van der Waals surface area contributed by atoms with Crippen LogP contribution in [0.3, 0.4) is 0 Å². The van der Waals surface area contributed by atoms with Gasteiger partial charge in [-0.25, -0.2) is 0 Å². The molecular formula is C18H25NO3S. The molecular weight excluding hydrogens is 310 g/mol. The first kappa shape index (κ1) is 17.9. The number of thioether (sulfide) groups is 1. The van der Waals surface area contributed by atoms with Crippen LogP contribution in [0.25, 0.3) is 0 Å². The second-order valence-corrected chi connectivity index (χ2v) is 8.38. The first-order valence-corrected chi connectivity index (χ1v) is 8.88. The van der Waals surface area contributed by atoms with Crippen LogP contribution in [-0.2, 0) is 4.79 Å². The molecule has 126 valence electrons. The van der Waals surface area contributed by atoms with Gasteiger partial charge < -0.3 is 10.0 Å². The Morgan fingerprint density at radius 3 is 2.61 bits per heavy atom. The van der Waals surface area contributed by atoms with Gasteiger partial charge in [0.05, 0.1) is 5.56 Å². The zero-order valence-corrected chi connectivity index (χ0v) is 15.0. The van der Waals surface area contributed by atoms with E-state index in [1.54, 1.807) is 13.0 Å². The number of aliphatic carboxylic acids is 1. The third-order valence-electron chi connectivity index (χ3n) is 4.82. The summed E-state index contributed by atoms with van der Waals surface area (Å²) in [4.78, 5) is 26.7. The van der Waals surface area contributed by atoms with E-state index >= 15 is 0 Å². The molecule has 0 aliphatic carbocycles. The highest BCUT2D eigenvalue weighted by Crippen LogP contribution is 2.36. The molecule has 1 aliphatic heterocycles. The molecule has 2 unspecified atom stereocenters. The average molecular weight is 335 g/mol. The van der Waals surface area contributed by atoms with Crippen LogP contribution in [0.5, 0.6) is 0 Å². The molecule has 1 heterocycles. The highest BCUT2D eigenvalue weighted by Gasteiger charge is 2.35. The van der Waals surface area contributed by atoms with Crippen molar-refractivity contribution < 1.29 is 14.7 Å². The predicted molar refractivity (Wildman–Crippen MR) is 92.9 cm³/mol. The fourth-order valence-corrected chi connectivity index (χ4v) is 3.72. The van der Waals surface area contributed by atoms with Crippen molar-refractivity contribution in [1.82, 2.24) is 4.90 Å². The molecule has 1 aromatic rings. The Morgan fingerprint density at radius 1 is 1.35 bits per heavy atom. The van der Waals surface area contributed by atoms with Crippen molar-refractivity contribution in [3.05, 3.63) is 29.8 Å². The van der Waals surface area contributed by atoms with Gasteiger partial charge in [0, 0.05) is 18.0 Å². The zero-order valence-electron chi connectivity index (χ0n) is 14.2. The van der Waals surface area contributed by atoms with Crippen molar-refractivity contribution in [3.8, 4) is 0 Å². The lowest BCUT2D eigenvalue weighted by Crippen LogP contribution is -2.47. The van der Waals surface area contributed by atoms with Gasteiger partial charge in [0.15, 0.2) is 0 Å². The van der Waals surface area contributed by atoms with Crippen molar-refractivity contribution in [1.29, 1.82) is 0 Å². The summed E-state index contributed by atoms with van der Waals surface area (Å²) < 4.78 is 0. The second kappa shape index (κ2) is 6.95. The smallest absolute Gasteiger partial charge is 0.316 e. The van der Waals surface area contributed by atoms with Crippen LogP contribution in [0.2, 0.25) is 0 Å². The Kier molecular flexibility index (Phi) is 5.40. The molecule has 1 amide bonds. The lowest BCUT2D eigenvalue weighted by atomic mass is 9.75. The minimum Gasteiger partial charge on any atom is -0.480 e. The highest BCUT2D eigenvalue weighted by atomic mass is 32.2. The summed E-state index contributed by atoms with van der Waals surface area (Å²) in [5.74, 6) is -0.279. The molecule has 5 heteroatoms. The molecule has 4 nitrogen and oxygen atoms in total. The topological polar surface area (TPSA) is 57.6 Å². The summed E-state index contributed by atoms with van der Waals surface area (Å²) in [7, 11) is 0. The fourth-order valence-electron chi connectivity index (χ4n) is 2.80. The molecule has 0 spiro atoms. The molecule has 1 aliphatic rings. The number of hydrogen-bond acceptors (Lipinski definition) is 3. The Balaban J connectivity index is 2.21. The lowest BCUT2D eigenvalue weighted by Gasteiger charge is -2.43. The molecule has 1 fully saturated rings. The Labute approximate surface area is 142 Å². The van der Waals surface area contributed by atoms with Gasteiger partial charge >= 0.3 is 5.97 Å². The van der Waals surface area contributed by atoms with Gasteiger partial charge in [0.1, 0.15) is 5.25 Å². The minimum atomic E-state index is -0.870. The van der Waals surface area contributed by atoms with E-state index in [0.717, 1.165) is 24.4 Å². The molecule has 2 rings (SSSR count). The molecule has 23 heavy (non-hydrogen) atoms. The number of benzene rings is 1. The molecule has 2 atom stereocenters. The van der Waals surface area contributed by atoms with Crippen LogP contribution in [0.1, 0.15) is 44.5 Å². The summed E-state index contributed by atoms with van der Waals surface area (Å²) >= 11 is 1.22. The van der Waals surface area contributed by atoms with Crippen LogP contribution in [0.4, 0.5) is 0 Å². The van der Waals surface area contributed by atoms with Gasteiger partial charge in [-0.2, -0.15) is 0 Å². The highest BCUT2D eigenvalue weighted by molar-refractivity contribution is 8.00. The van der Waals surface area contributed by atoms with E-state index in [1.165, 1.54) is 11.8 Å². The van der Waals surface area contributed by atoms with Crippen molar-refractivity contribution in [3.63, 3.8) is 0 Å². The second-order valence-electron chi connectivity index (χ2n) is 7.00. The largest absolute Gasteiger partial charge is 0.480 e. The normalized spacial score (nSPS) is 21.7. The monoisotopic (exact) mass is 335 g/mol. The van der Waals surface area contributed by atoms with Crippen molar-refractivity contribution >= 4 is 23.6 Å². The minimum absolute atomic E-state index is 0.00524. The standard InChI is InChI=1S/C18H25NO3S/c1-12-9-10-19(11-18(12,3)4)16(20)14-7-5-6-8-15(14)23-13(2)17(21)22/h5-8,12-13H,9-11H2,1-4H3,(H,21,22). The third kappa shape index (κ3) is 4.08. The number of likely N-dealkylation sites (tertiary alicyclic amines) is 1. The van der Waals surface area contributed by atoms with E-state index in [1.807, 2.05) is 23.1 Å². The zero-order chi connectivity index (χ0) is 17.2. The molecule has 0 aromatic heterocycles. The number of hydrogen-bond donors (Lipinski definition) is 1. The average Bonchev–Trinajstić information content (AvgIpc) is 2.49. The fraction of sp³-hybridized carbons (Fsp3) is 0.556. The Bertz CT molecular complexity index is 600. The maximum Gasteiger partial charge on any atom is 0.316 e. The number of carboxylic acid groups (broad SMARTS) is 1. The number of carbonyl (C=O) groups is 2. The number of carbonyl (C=O) groups excluding carboxylic acids is 1. The predicted octanol–water partition coefficient (Wildman–Crippen LogP) is 3.76. The molecule has 0 saturated carbocycles. The maximum absolute atomic E-state index is 12.9. The number of amides is 1. The lowest BCUT2D eigenvalue weighted by molar-refractivity contribution is -0.136. The van der Waals surface area contributed by atoms with Gasteiger partial charge in [0.2, 0.25) is 0 Å². The summed E-state index contributed by atoms with van der Waals surface area (Å²) in [5, 5.41) is 8.52. The van der Waals surface area contributed by atoms with Gasteiger partial charge in [-0.1, -0.05) is 32.9 Å². The van der Waals surface area contributed by atoms with E-state index < -0.39 is 11.2 Å². The maximum atomic E-state index is 12.9. The van der Waals surface area contributed by atoms with E-state index in [2.05, 4.69) is 20.8 Å². The summed E-state index contributed by atoms with van der Waals surface area (Å²) in [6, 6.07) is 7.30. The number of carboxylic acids is 1. The molecule has 0 bridgehead atoms. The van der Waals surface area contributed by atoms with Crippen LogP contribution < -0.4 is 0 Å². The Morgan fingerprint density at radius 2 is 2.00 bits per heavy atom. The number of piperidine rings is 1. The Hall–Kier alpha value is -1.49. The van der Waals surface area contributed by atoms with Gasteiger partial charge in [-0.05, 0) is 36.8 Å². The summed E-state index contributed by atoms with van der Waals surface area (Å²) in [6.07, 6.45) is 1.000. The van der Waals surface area contributed by atoms with Crippen molar-refractivity contribution in [2.45, 2.75) is 44.3 Å². The first-order valence-electron chi connectivity index (χ1n) is 8.00. The van der Waals surface area contributed by atoms with Crippen molar-refractivity contribution in [2.75, 3.05) is 13.1 Å². The van der Waals surface area contributed by atoms with Crippen molar-refractivity contribution in [2.24, 2.45) is 11.3 Å². The third-order valence-corrected chi connectivity index (χ3v) is 5.99. The SMILES string of the molecule is CC(Sc1ccccc1C(=O)N1CCC(C)C(C)(C)C1)C(=O)O. The quantitative estimate of drug-likeness (QED) is 0.851. The van der Waals surface area contributed by atoms with Crippen LogP contribution >= 0.6 is 11.8 Å². The first-order chi connectivity index (χ1) is 10.7. The number of nitrogens with zero attached hydrogens (tertiary/aromatic N) is 1.